The van der Waals surface area contributed by atoms with E-state index >= 15 is 0 Å². The van der Waals surface area contributed by atoms with Crippen molar-refractivity contribution in [1.29, 1.82) is 0 Å². The number of aryl methyl sites for hydroxylation is 1. The lowest BCUT2D eigenvalue weighted by molar-refractivity contribution is -0.116. The van der Waals surface area contributed by atoms with Crippen molar-refractivity contribution in [3.05, 3.63) is 34.8 Å². The van der Waals surface area contributed by atoms with Crippen molar-refractivity contribution < 1.29 is 22.7 Å². The minimum atomic E-state index is -3.46. The van der Waals surface area contributed by atoms with Gasteiger partial charge in [0.05, 0.1) is 28.3 Å². The van der Waals surface area contributed by atoms with Crippen LogP contribution in [0.1, 0.15) is 35.1 Å². The van der Waals surface area contributed by atoms with Gasteiger partial charge in [-0.05, 0) is 37.6 Å². The topological polar surface area (TPSA) is 102 Å². The molecule has 7 nitrogen and oxygen atoms in total. The second-order valence-corrected chi connectivity index (χ2v) is 8.74. The highest BCUT2D eigenvalue weighted by Crippen LogP contribution is 2.23. The minimum Gasteiger partial charge on any atom is -0.497 e. The standard InChI is InChI=1S/C17H20N2O5S2/c1-11-16(12(2)20)25-17(18-11)19-15(21)5-4-10-26(22,23)14-8-6-13(24-3)7-9-14/h6-9H,4-5,10H2,1-3H3,(H,18,19,21). The Bertz CT molecular complexity index is 902. The molecule has 26 heavy (non-hydrogen) atoms. The maximum Gasteiger partial charge on any atom is 0.226 e. The van der Waals surface area contributed by atoms with Gasteiger partial charge in [-0.3, -0.25) is 9.59 Å². The Labute approximate surface area is 156 Å². The van der Waals surface area contributed by atoms with Crippen LogP contribution in [-0.2, 0) is 14.6 Å². The highest BCUT2D eigenvalue weighted by Gasteiger charge is 2.17. The van der Waals surface area contributed by atoms with E-state index in [0.29, 0.717) is 21.5 Å². The number of carbonyl (C=O) groups is 2. The first-order valence-electron chi connectivity index (χ1n) is 7.88. The Balaban J connectivity index is 1.89. The van der Waals surface area contributed by atoms with Gasteiger partial charge in [0.25, 0.3) is 0 Å². The van der Waals surface area contributed by atoms with Gasteiger partial charge >= 0.3 is 0 Å². The smallest absolute Gasteiger partial charge is 0.226 e. The lowest BCUT2D eigenvalue weighted by atomic mass is 10.3. The van der Waals surface area contributed by atoms with Crippen LogP contribution < -0.4 is 10.1 Å². The maximum atomic E-state index is 12.3. The summed E-state index contributed by atoms with van der Waals surface area (Å²) in [6, 6.07) is 6.12. The Morgan fingerprint density at radius 1 is 1.23 bits per heavy atom. The number of amides is 1. The number of aromatic nitrogens is 1. The van der Waals surface area contributed by atoms with Crippen molar-refractivity contribution in [2.45, 2.75) is 31.6 Å². The quantitative estimate of drug-likeness (QED) is 0.688. The molecule has 1 aromatic carbocycles. The molecule has 0 bridgehead atoms. The predicted molar refractivity (Wildman–Crippen MR) is 99.8 cm³/mol. The molecule has 140 valence electrons. The van der Waals surface area contributed by atoms with E-state index in [4.69, 9.17) is 4.74 Å². The van der Waals surface area contributed by atoms with Crippen molar-refractivity contribution in [3.63, 3.8) is 0 Å². The van der Waals surface area contributed by atoms with E-state index in [0.717, 1.165) is 11.3 Å². The molecule has 2 aromatic rings. The number of ether oxygens (including phenoxy) is 1. The summed E-state index contributed by atoms with van der Waals surface area (Å²) in [5.74, 6) is -0.000579. The Morgan fingerprint density at radius 3 is 2.42 bits per heavy atom. The van der Waals surface area contributed by atoms with Gasteiger partial charge in [0.2, 0.25) is 5.91 Å². The van der Waals surface area contributed by atoms with Crippen molar-refractivity contribution in [2.75, 3.05) is 18.2 Å². The third kappa shape index (κ3) is 5.12. The van der Waals surface area contributed by atoms with Crippen LogP contribution in [0, 0.1) is 6.92 Å². The van der Waals surface area contributed by atoms with Crippen LogP contribution in [0.2, 0.25) is 0 Å². The molecule has 0 aliphatic heterocycles. The van der Waals surface area contributed by atoms with Gasteiger partial charge in [0.15, 0.2) is 20.8 Å². The molecule has 1 heterocycles. The highest BCUT2D eigenvalue weighted by molar-refractivity contribution is 7.91. The molecule has 0 atom stereocenters. The van der Waals surface area contributed by atoms with Gasteiger partial charge in [-0.2, -0.15) is 0 Å². The average molecular weight is 396 g/mol. The van der Waals surface area contributed by atoms with Gasteiger partial charge in [0.1, 0.15) is 5.75 Å². The summed E-state index contributed by atoms with van der Waals surface area (Å²) in [5, 5.41) is 2.95. The van der Waals surface area contributed by atoms with E-state index in [1.807, 2.05) is 0 Å². The summed E-state index contributed by atoms with van der Waals surface area (Å²) in [4.78, 5) is 28.2. The Kier molecular flexibility index (Phi) is 6.49. The number of methoxy groups -OCH3 is 1. The monoisotopic (exact) mass is 396 g/mol. The summed E-state index contributed by atoms with van der Waals surface area (Å²) in [7, 11) is -1.96. The zero-order chi connectivity index (χ0) is 19.3. The molecule has 0 unspecified atom stereocenters. The van der Waals surface area contributed by atoms with Crippen molar-refractivity contribution in [1.82, 2.24) is 4.98 Å². The summed E-state index contributed by atoms with van der Waals surface area (Å²) in [6.07, 6.45) is 0.230. The fourth-order valence-corrected chi connectivity index (χ4v) is 4.47. The first-order valence-corrected chi connectivity index (χ1v) is 10.3. The molecule has 0 saturated heterocycles. The minimum absolute atomic E-state index is 0.0451. The number of sulfone groups is 1. The molecular formula is C17H20N2O5S2. The van der Waals surface area contributed by atoms with E-state index in [1.165, 1.54) is 26.2 Å². The Morgan fingerprint density at radius 2 is 1.88 bits per heavy atom. The highest BCUT2D eigenvalue weighted by atomic mass is 32.2. The Hall–Kier alpha value is -2.26. The van der Waals surface area contributed by atoms with E-state index in [2.05, 4.69) is 10.3 Å². The molecular weight excluding hydrogens is 376 g/mol. The van der Waals surface area contributed by atoms with Gasteiger partial charge in [-0.15, -0.1) is 0 Å². The lowest BCUT2D eigenvalue weighted by Crippen LogP contribution is -2.14. The van der Waals surface area contributed by atoms with Crippen LogP contribution in [0.15, 0.2) is 29.2 Å². The van der Waals surface area contributed by atoms with Gasteiger partial charge < -0.3 is 10.1 Å². The number of nitrogens with one attached hydrogen (secondary N) is 1. The summed E-state index contributed by atoms with van der Waals surface area (Å²) >= 11 is 1.11. The molecule has 0 spiro atoms. The predicted octanol–water partition coefficient (Wildman–Crippen LogP) is 2.86. The number of hydrogen-bond acceptors (Lipinski definition) is 7. The fraction of sp³-hybridized carbons (Fsp3) is 0.353. The second kappa shape index (κ2) is 8.41. The third-order valence-corrected chi connectivity index (χ3v) is 6.59. The van der Waals surface area contributed by atoms with Crippen LogP contribution in [0.3, 0.4) is 0 Å². The van der Waals surface area contributed by atoms with Crippen LogP contribution in [-0.4, -0.2) is 38.0 Å². The number of ketones is 1. The number of rotatable bonds is 8. The van der Waals surface area contributed by atoms with Crippen LogP contribution in [0.5, 0.6) is 5.75 Å². The van der Waals surface area contributed by atoms with E-state index < -0.39 is 9.84 Å². The molecule has 0 fully saturated rings. The average Bonchev–Trinajstić information content (AvgIpc) is 2.95. The largest absolute Gasteiger partial charge is 0.497 e. The molecule has 1 amide bonds. The molecule has 0 aliphatic carbocycles. The maximum absolute atomic E-state index is 12.3. The lowest BCUT2D eigenvalue weighted by Gasteiger charge is -2.06. The summed E-state index contributed by atoms with van der Waals surface area (Å²) < 4.78 is 29.6. The van der Waals surface area contributed by atoms with Gasteiger partial charge in [0, 0.05) is 13.3 Å². The van der Waals surface area contributed by atoms with Crippen molar-refractivity contribution in [3.8, 4) is 5.75 Å². The van der Waals surface area contributed by atoms with Crippen LogP contribution in [0.4, 0.5) is 5.13 Å². The molecule has 9 heteroatoms. The zero-order valence-electron chi connectivity index (χ0n) is 14.7. The van der Waals surface area contributed by atoms with Gasteiger partial charge in [-0.1, -0.05) is 11.3 Å². The zero-order valence-corrected chi connectivity index (χ0v) is 16.4. The molecule has 0 saturated carbocycles. The van der Waals surface area contributed by atoms with Crippen molar-refractivity contribution >= 4 is 38.0 Å². The van der Waals surface area contributed by atoms with E-state index in [-0.39, 0.29) is 35.2 Å². The molecule has 1 N–H and O–H groups in total. The van der Waals surface area contributed by atoms with Gasteiger partial charge in [-0.25, -0.2) is 13.4 Å². The van der Waals surface area contributed by atoms with Crippen LogP contribution >= 0.6 is 11.3 Å². The second-order valence-electron chi connectivity index (χ2n) is 5.64. The number of thiazole rings is 1. The molecule has 2 rings (SSSR count). The molecule has 0 radical (unpaired) electrons. The number of benzene rings is 1. The van der Waals surface area contributed by atoms with E-state index in [1.54, 1.807) is 19.1 Å². The number of carbonyl (C=O) groups excluding carboxylic acids is 2. The van der Waals surface area contributed by atoms with Crippen LogP contribution in [0.25, 0.3) is 0 Å². The number of hydrogen-bond donors (Lipinski definition) is 1. The first kappa shape index (κ1) is 20.1. The number of Topliss-reactive ketones (excluding diaryl/α,β-unsaturated/α-hetero) is 1. The SMILES string of the molecule is COc1ccc(S(=O)(=O)CCCC(=O)Nc2nc(C)c(C(C)=O)s2)cc1. The summed E-state index contributed by atoms with van der Waals surface area (Å²) in [5.41, 5.74) is 0.569. The number of anilines is 1. The fourth-order valence-electron chi connectivity index (χ4n) is 2.28. The van der Waals surface area contributed by atoms with E-state index in [9.17, 15) is 18.0 Å². The molecule has 0 aliphatic rings. The third-order valence-electron chi connectivity index (χ3n) is 3.60. The molecule has 1 aromatic heterocycles. The van der Waals surface area contributed by atoms with Crippen molar-refractivity contribution in [2.24, 2.45) is 0 Å². The summed E-state index contributed by atoms with van der Waals surface area (Å²) in [6.45, 7) is 3.14. The normalized spacial score (nSPS) is 11.2. The number of nitrogens with zero attached hydrogens (tertiary/aromatic N) is 1. The first-order chi connectivity index (χ1) is 12.2.